The largest absolute Gasteiger partial charge is 0.493 e. The number of benzene rings is 2. The normalized spacial score (nSPS) is 11.0. The van der Waals surface area contributed by atoms with Gasteiger partial charge in [-0.25, -0.2) is 0 Å². The van der Waals surface area contributed by atoms with Crippen LogP contribution < -0.4 is 8.92 Å². The van der Waals surface area contributed by atoms with Crippen molar-refractivity contribution in [3.8, 4) is 11.5 Å². The molecule has 0 aliphatic carbocycles. The lowest BCUT2D eigenvalue weighted by molar-refractivity contribution is -0.388. The zero-order chi connectivity index (χ0) is 18.6. The van der Waals surface area contributed by atoms with E-state index in [1.165, 1.54) is 32.2 Å². The minimum atomic E-state index is -4.42. The van der Waals surface area contributed by atoms with E-state index in [0.29, 0.717) is 6.42 Å². The number of nitrogens with zero attached hydrogens (tertiary/aromatic N) is 1. The second-order valence-electron chi connectivity index (χ2n) is 5.20. The Labute approximate surface area is 145 Å². The Morgan fingerprint density at radius 2 is 1.96 bits per heavy atom. The maximum absolute atomic E-state index is 12.6. The summed E-state index contributed by atoms with van der Waals surface area (Å²) in [6.45, 7) is 5.10. The van der Waals surface area contributed by atoms with E-state index in [1.807, 2.05) is 0 Å². The molecule has 0 spiro atoms. The zero-order valence-electron chi connectivity index (χ0n) is 13.8. The highest BCUT2D eigenvalue weighted by molar-refractivity contribution is 7.87. The number of ether oxygens (including phenoxy) is 1. The van der Waals surface area contributed by atoms with Crippen LogP contribution in [0.1, 0.15) is 11.1 Å². The Hall–Kier alpha value is -2.87. The van der Waals surface area contributed by atoms with Crippen molar-refractivity contribution in [1.82, 2.24) is 0 Å². The van der Waals surface area contributed by atoms with Crippen molar-refractivity contribution in [1.29, 1.82) is 0 Å². The topological polar surface area (TPSA) is 95.7 Å². The summed E-state index contributed by atoms with van der Waals surface area (Å²) in [5.74, 6) is 0.159. The molecule has 0 aromatic heterocycles. The number of hydrogen-bond acceptors (Lipinski definition) is 6. The van der Waals surface area contributed by atoms with Crippen LogP contribution in [0.3, 0.4) is 0 Å². The van der Waals surface area contributed by atoms with Gasteiger partial charge in [0.15, 0.2) is 16.4 Å². The van der Waals surface area contributed by atoms with Crippen molar-refractivity contribution in [3.05, 3.63) is 70.3 Å². The van der Waals surface area contributed by atoms with Gasteiger partial charge in [-0.3, -0.25) is 10.1 Å². The molecule has 0 N–H and O–H groups in total. The Morgan fingerprint density at radius 1 is 1.24 bits per heavy atom. The van der Waals surface area contributed by atoms with E-state index in [0.717, 1.165) is 11.6 Å². The van der Waals surface area contributed by atoms with Gasteiger partial charge in [-0.15, -0.1) is 6.58 Å². The fourth-order valence-electron chi connectivity index (χ4n) is 2.34. The van der Waals surface area contributed by atoms with E-state index in [2.05, 4.69) is 6.58 Å². The van der Waals surface area contributed by atoms with Gasteiger partial charge in [-0.1, -0.05) is 24.3 Å². The Morgan fingerprint density at radius 3 is 2.56 bits per heavy atom. The highest BCUT2D eigenvalue weighted by Gasteiger charge is 2.30. The van der Waals surface area contributed by atoms with E-state index in [4.69, 9.17) is 8.92 Å². The molecule has 2 aromatic rings. The van der Waals surface area contributed by atoms with E-state index in [-0.39, 0.29) is 17.1 Å². The molecule has 0 atom stereocenters. The summed E-state index contributed by atoms with van der Waals surface area (Å²) in [4.78, 5) is 9.93. The van der Waals surface area contributed by atoms with Gasteiger partial charge < -0.3 is 8.92 Å². The fraction of sp³-hybridized carbons (Fsp3) is 0.176. The minimum Gasteiger partial charge on any atom is -0.493 e. The molecule has 0 unspecified atom stereocenters. The molecule has 0 bridgehead atoms. The number of rotatable bonds is 7. The standard InChI is InChI=1S/C17H17NO6S/c1-4-6-13-9-10-15(16(11-13)23-3)24-25(21,22)17-12(2)7-5-8-14(17)18(19)20/h4-5,7-11H,1,6H2,2-3H3. The van der Waals surface area contributed by atoms with Crippen molar-refractivity contribution in [2.75, 3.05) is 7.11 Å². The Balaban J connectivity index is 2.50. The van der Waals surface area contributed by atoms with E-state index >= 15 is 0 Å². The second-order valence-corrected chi connectivity index (χ2v) is 6.68. The summed E-state index contributed by atoms with van der Waals surface area (Å²) < 4.78 is 35.6. The molecule has 0 saturated heterocycles. The predicted octanol–water partition coefficient (Wildman–Crippen LogP) is 3.41. The van der Waals surface area contributed by atoms with Gasteiger partial charge in [0.05, 0.1) is 12.0 Å². The van der Waals surface area contributed by atoms with Crippen LogP contribution in [-0.4, -0.2) is 20.5 Å². The number of aryl methyl sites for hydroxylation is 1. The number of nitro benzene ring substituents is 1. The molecule has 0 aliphatic heterocycles. The van der Waals surface area contributed by atoms with Crippen molar-refractivity contribution in [2.24, 2.45) is 0 Å². The molecular weight excluding hydrogens is 346 g/mol. The molecule has 8 heteroatoms. The van der Waals surface area contributed by atoms with E-state index in [1.54, 1.807) is 18.2 Å². The third kappa shape index (κ3) is 3.97. The molecule has 2 rings (SSSR count). The highest BCUT2D eigenvalue weighted by Crippen LogP contribution is 2.34. The van der Waals surface area contributed by atoms with Crippen LogP contribution in [0, 0.1) is 17.0 Å². The Bertz CT molecular complexity index is 921. The van der Waals surface area contributed by atoms with E-state index in [9.17, 15) is 18.5 Å². The molecule has 0 saturated carbocycles. The predicted molar refractivity (Wildman–Crippen MR) is 92.5 cm³/mol. The smallest absolute Gasteiger partial charge is 0.346 e. The highest BCUT2D eigenvalue weighted by atomic mass is 32.2. The van der Waals surface area contributed by atoms with Crippen molar-refractivity contribution in [2.45, 2.75) is 18.2 Å². The average molecular weight is 363 g/mol. The second kappa shape index (κ2) is 7.35. The molecule has 2 aromatic carbocycles. The lowest BCUT2D eigenvalue weighted by Crippen LogP contribution is -2.14. The van der Waals surface area contributed by atoms with Crippen LogP contribution in [0.2, 0.25) is 0 Å². The quantitative estimate of drug-likeness (QED) is 0.324. The minimum absolute atomic E-state index is 0.0483. The van der Waals surface area contributed by atoms with Crippen molar-refractivity contribution < 1.29 is 22.3 Å². The third-order valence-corrected chi connectivity index (χ3v) is 4.88. The van der Waals surface area contributed by atoms with Crippen LogP contribution in [0.15, 0.2) is 53.9 Å². The fourth-order valence-corrected chi connectivity index (χ4v) is 3.66. The SMILES string of the molecule is C=CCc1ccc(OS(=O)(=O)c2c(C)cccc2[N+](=O)[O-])c(OC)c1. The Kier molecular flexibility index (Phi) is 5.43. The van der Waals surface area contributed by atoms with Gasteiger partial charge in [0.25, 0.3) is 5.69 Å². The first kappa shape index (κ1) is 18.5. The lowest BCUT2D eigenvalue weighted by Gasteiger charge is -2.13. The van der Waals surface area contributed by atoms with Crippen LogP contribution >= 0.6 is 0 Å². The van der Waals surface area contributed by atoms with Crippen molar-refractivity contribution in [3.63, 3.8) is 0 Å². The van der Waals surface area contributed by atoms with Gasteiger partial charge in [0, 0.05) is 6.07 Å². The molecule has 0 aliphatic rings. The van der Waals surface area contributed by atoms with Gasteiger partial charge in [0.1, 0.15) is 0 Å². The van der Waals surface area contributed by atoms with Gasteiger partial charge >= 0.3 is 10.1 Å². The zero-order valence-corrected chi connectivity index (χ0v) is 14.6. The summed E-state index contributed by atoms with van der Waals surface area (Å²) in [6.07, 6.45) is 2.27. The first-order valence-corrected chi connectivity index (χ1v) is 8.67. The summed E-state index contributed by atoms with van der Waals surface area (Å²) in [5.41, 5.74) is 0.539. The average Bonchev–Trinajstić information content (AvgIpc) is 2.55. The molecule has 0 heterocycles. The molecule has 25 heavy (non-hydrogen) atoms. The monoisotopic (exact) mass is 363 g/mol. The van der Waals surface area contributed by atoms with Crippen molar-refractivity contribution >= 4 is 15.8 Å². The summed E-state index contributed by atoms with van der Waals surface area (Å²) in [5, 5.41) is 11.2. The third-order valence-electron chi connectivity index (χ3n) is 3.45. The van der Waals surface area contributed by atoms with Gasteiger partial charge in [-0.2, -0.15) is 8.42 Å². The number of nitro groups is 1. The van der Waals surface area contributed by atoms with Crippen LogP contribution in [0.25, 0.3) is 0 Å². The first-order valence-electron chi connectivity index (χ1n) is 7.26. The van der Waals surface area contributed by atoms with Crippen LogP contribution in [0.4, 0.5) is 5.69 Å². The summed E-state index contributed by atoms with van der Waals surface area (Å²) >= 11 is 0. The van der Waals surface area contributed by atoms with Gasteiger partial charge in [-0.05, 0) is 36.6 Å². The maximum Gasteiger partial charge on any atom is 0.346 e. The van der Waals surface area contributed by atoms with Crippen LogP contribution in [0.5, 0.6) is 11.5 Å². The molecular formula is C17H17NO6S. The molecule has 0 fully saturated rings. The maximum atomic E-state index is 12.6. The molecule has 132 valence electrons. The lowest BCUT2D eigenvalue weighted by atomic mass is 10.1. The summed E-state index contributed by atoms with van der Waals surface area (Å²) in [6, 6.07) is 8.73. The summed E-state index contributed by atoms with van der Waals surface area (Å²) in [7, 11) is -3.04. The number of methoxy groups -OCH3 is 1. The van der Waals surface area contributed by atoms with Gasteiger partial charge in [0.2, 0.25) is 0 Å². The molecule has 0 amide bonds. The van der Waals surface area contributed by atoms with E-state index < -0.39 is 25.6 Å². The molecule has 7 nitrogen and oxygen atoms in total. The van der Waals surface area contributed by atoms with Crippen LogP contribution in [-0.2, 0) is 16.5 Å². The first-order chi connectivity index (χ1) is 11.8. The number of allylic oxidation sites excluding steroid dienone is 1. The number of hydrogen-bond donors (Lipinski definition) is 0. The molecule has 0 radical (unpaired) electrons.